The van der Waals surface area contributed by atoms with Gasteiger partial charge in [0, 0.05) is 6.04 Å². The molecule has 1 aliphatic carbocycles. The van der Waals surface area contributed by atoms with Crippen molar-refractivity contribution < 1.29 is 0 Å². The molecule has 1 unspecified atom stereocenters. The molecular weight excluding hydrogens is 230 g/mol. The minimum Gasteiger partial charge on any atom is -0.310 e. The van der Waals surface area contributed by atoms with Crippen LogP contribution in [0.1, 0.15) is 77.1 Å². The highest BCUT2D eigenvalue weighted by Crippen LogP contribution is 2.45. The van der Waals surface area contributed by atoms with Crippen molar-refractivity contribution in [3.8, 4) is 0 Å². The Labute approximate surface area is 118 Å². The van der Waals surface area contributed by atoms with Crippen molar-refractivity contribution in [2.45, 2.75) is 71.3 Å². The smallest absolute Gasteiger partial charge is 0.0331 e. The molecule has 0 saturated carbocycles. The average Bonchev–Trinajstić information content (AvgIpc) is 2.57. The van der Waals surface area contributed by atoms with Crippen LogP contribution in [0.25, 0.3) is 0 Å². The lowest BCUT2D eigenvalue weighted by Gasteiger charge is -2.22. The Balaban J connectivity index is 2.39. The first-order chi connectivity index (χ1) is 8.75. The van der Waals surface area contributed by atoms with E-state index < -0.39 is 0 Å². The molecule has 106 valence electrons. The van der Waals surface area contributed by atoms with Crippen LogP contribution in [0.2, 0.25) is 0 Å². The maximum atomic E-state index is 3.72. The van der Waals surface area contributed by atoms with Crippen LogP contribution in [0.3, 0.4) is 0 Å². The second-order valence-electron chi connectivity index (χ2n) is 7.65. The van der Waals surface area contributed by atoms with E-state index in [1.807, 2.05) is 0 Å². The molecule has 2 rings (SSSR count). The third-order valence-corrected chi connectivity index (χ3v) is 4.38. The van der Waals surface area contributed by atoms with E-state index in [4.69, 9.17) is 0 Å². The van der Waals surface area contributed by atoms with Gasteiger partial charge < -0.3 is 5.32 Å². The van der Waals surface area contributed by atoms with Crippen LogP contribution in [0.5, 0.6) is 0 Å². The summed E-state index contributed by atoms with van der Waals surface area (Å²) in [7, 11) is 0. The molecule has 1 heteroatoms. The maximum Gasteiger partial charge on any atom is 0.0331 e. The Kier molecular flexibility index (Phi) is 3.79. The predicted octanol–water partition coefficient (Wildman–Crippen LogP) is 4.71. The lowest BCUT2D eigenvalue weighted by molar-refractivity contribution is 0.427. The lowest BCUT2D eigenvalue weighted by Crippen LogP contribution is -2.22. The molecule has 0 bridgehead atoms. The van der Waals surface area contributed by atoms with Gasteiger partial charge in [-0.2, -0.15) is 0 Å². The van der Waals surface area contributed by atoms with E-state index in [2.05, 4.69) is 65.1 Å². The van der Waals surface area contributed by atoms with Gasteiger partial charge in [0.05, 0.1) is 0 Å². The fourth-order valence-corrected chi connectivity index (χ4v) is 3.16. The van der Waals surface area contributed by atoms with Crippen molar-refractivity contribution in [2.24, 2.45) is 0 Å². The zero-order chi connectivity index (χ0) is 14.3. The van der Waals surface area contributed by atoms with Crippen LogP contribution in [0, 0.1) is 0 Å². The van der Waals surface area contributed by atoms with Gasteiger partial charge in [0.2, 0.25) is 0 Å². The van der Waals surface area contributed by atoms with Crippen molar-refractivity contribution in [1.82, 2.24) is 5.32 Å². The molecular formula is C18H29N. The fraction of sp³-hybridized carbons (Fsp3) is 0.667. The SMILES string of the molecule is CCCNC1CC(C)(C)c2ccc(C(C)(C)C)cc21. The van der Waals surface area contributed by atoms with E-state index in [1.165, 1.54) is 29.5 Å². The topological polar surface area (TPSA) is 12.0 Å². The van der Waals surface area contributed by atoms with Crippen molar-refractivity contribution in [3.63, 3.8) is 0 Å². The number of rotatable bonds is 3. The molecule has 19 heavy (non-hydrogen) atoms. The summed E-state index contributed by atoms with van der Waals surface area (Å²) in [5.41, 5.74) is 5.06. The minimum atomic E-state index is 0.233. The van der Waals surface area contributed by atoms with Gasteiger partial charge in [0.15, 0.2) is 0 Å². The van der Waals surface area contributed by atoms with Crippen LogP contribution in [-0.2, 0) is 10.8 Å². The fourth-order valence-electron chi connectivity index (χ4n) is 3.16. The van der Waals surface area contributed by atoms with Crippen molar-refractivity contribution in [3.05, 3.63) is 34.9 Å². The summed E-state index contributed by atoms with van der Waals surface area (Å²) >= 11 is 0. The molecule has 1 atom stereocenters. The molecule has 0 fully saturated rings. The Morgan fingerprint density at radius 3 is 2.53 bits per heavy atom. The maximum absolute atomic E-state index is 3.72. The number of hydrogen-bond donors (Lipinski definition) is 1. The summed E-state index contributed by atoms with van der Waals surface area (Å²) in [5, 5.41) is 3.72. The number of fused-ring (bicyclic) bond motifs is 1. The molecule has 1 aromatic rings. The normalized spacial score (nSPS) is 21.5. The summed E-state index contributed by atoms with van der Waals surface area (Å²) < 4.78 is 0. The number of benzene rings is 1. The first-order valence-electron chi connectivity index (χ1n) is 7.64. The van der Waals surface area contributed by atoms with Crippen LogP contribution >= 0.6 is 0 Å². The third kappa shape index (κ3) is 2.86. The van der Waals surface area contributed by atoms with Gasteiger partial charge in [-0.05, 0) is 46.9 Å². The van der Waals surface area contributed by atoms with Crippen molar-refractivity contribution in [1.29, 1.82) is 0 Å². The third-order valence-electron chi connectivity index (χ3n) is 4.38. The van der Waals surface area contributed by atoms with Gasteiger partial charge in [-0.25, -0.2) is 0 Å². The van der Waals surface area contributed by atoms with Gasteiger partial charge in [-0.1, -0.05) is 59.7 Å². The molecule has 1 nitrogen and oxygen atoms in total. The lowest BCUT2D eigenvalue weighted by atomic mass is 9.82. The van der Waals surface area contributed by atoms with E-state index in [9.17, 15) is 0 Å². The molecule has 0 heterocycles. The van der Waals surface area contributed by atoms with Gasteiger partial charge in [0.25, 0.3) is 0 Å². The zero-order valence-electron chi connectivity index (χ0n) is 13.4. The van der Waals surface area contributed by atoms with Crippen molar-refractivity contribution in [2.75, 3.05) is 6.54 Å². The summed E-state index contributed by atoms with van der Waals surface area (Å²) in [6.07, 6.45) is 2.42. The molecule has 0 saturated heterocycles. The quantitative estimate of drug-likeness (QED) is 0.829. The number of nitrogens with one attached hydrogen (secondary N) is 1. The Morgan fingerprint density at radius 2 is 1.95 bits per heavy atom. The second kappa shape index (κ2) is 4.94. The monoisotopic (exact) mass is 259 g/mol. The predicted molar refractivity (Wildman–Crippen MR) is 83.8 cm³/mol. The molecule has 1 aromatic carbocycles. The first kappa shape index (κ1) is 14.6. The minimum absolute atomic E-state index is 0.233. The average molecular weight is 259 g/mol. The summed E-state index contributed by atoms with van der Waals surface area (Å²) in [4.78, 5) is 0. The van der Waals surface area contributed by atoms with Crippen LogP contribution in [-0.4, -0.2) is 6.54 Å². The van der Waals surface area contributed by atoms with Crippen LogP contribution in [0.15, 0.2) is 18.2 Å². The van der Waals surface area contributed by atoms with Gasteiger partial charge in [0.1, 0.15) is 0 Å². The highest BCUT2D eigenvalue weighted by Gasteiger charge is 2.36. The molecule has 1 N–H and O–H groups in total. The molecule has 0 spiro atoms. The van der Waals surface area contributed by atoms with Crippen molar-refractivity contribution >= 4 is 0 Å². The molecule has 0 radical (unpaired) electrons. The summed E-state index contributed by atoms with van der Waals surface area (Å²) in [6.45, 7) is 15.0. The van der Waals surface area contributed by atoms with E-state index in [-0.39, 0.29) is 5.41 Å². The zero-order valence-corrected chi connectivity index (χ0v) is 13.4. The van der Waals surface area contributed by atoms with E-state index in [0.29, 0.717) is 11.5 Å². The largest absolute Gasteiger partial charge is 0.310 e. The highest BCUT2D eigenvalue weighted by atomic mass is 14.9. The molecule has 0 aliphatic heterocycles. The van der Waals surface area contributed by atoms with Crippen LogP contribution < -0.4 is 5.32 Å². The summed E-state index contributed by atoms with van der Waals surface area (Å²) in [6, 6.07) is 7.66. The standard InChI is InChI=1S/C18H29N/c1-7-10-19-16-12-18(5,6)15-9-8-13(11-14(15)16)17(2,3)4/h8-9,11,16,19H,7,10,12H2,1-6H3. The summed E-state index contributed by atoms with van der Waals surface area (Å²) in [5.74, 6) is 0. The van der Waals surface area contributed by atoms with Crippen LogP contribution in [0.4, 0.5) is 0 Å². The molecule has 0 aromatic heterocycles. The first-order valence-corrected chi connectivity index (χ1v) is 7.64. The highest BCUT2D eigenvalue weighted by molar-refractivity contribution is 5.45. The second-order valence-corrected chi connectivity index (χ2v) is 7.65. The van der Waals surface area contributed by atoms with E-state index in [0.717, 1.165) is 6.54 Å². The van der Waals surface area contributed by atoms with Gasteiger partial charge in [-0.3, -0.25) is 0 Å². The molecule has 0 amide bonds. The Morgan fingerprint density at radius 1 is 1.26 bits per heavy atom. The van der Waals surface area contributed by atoms with Gasteiger partial charge >= 0.3 is 0 Å². The molecule has 1 aliphatic rings. The van der Waals surface area contributed by atoms with E-state index >= 15 is 0 Å². The number of hydrogen-bond acceptors (Lipinski definition) is 1. The van der Waals surface area contributed by atoms with E-state index in [1.54, 1.807) is 0 Å². The van der Waals surface area contributed by atoms with Gasteiger partial charge in [-0.15, -0.1) is 0 Å². The Hall–Kier alpha value is -0.820. The Bertz CT molecular complexity index is 451.